The predicted octanol–water partition coefficient (Wildman–Crippen LogP) is 2.53. The second-order valence-corrected chi connectivity index (χ2v) is 5.88. The fraction of sp³-hybridized carbons (Fsp3) is 0.600. The van der Waals surface area contributed by atoms with Crippen molar-refractivity contribution < 1.29 is 0 Å². The summed E-state index contributed by atoms with van der Waals surface area (Å²) in [5, 5.41) is 0.390. The molecule has 15 heavy (non-hydrogen) atoms. The Morgan fingerprint density at radius 1 is 1.47 bits per heavy atom. The van der Waals surface area contributed by atoms with Gasteiger partial charge < -0.3 is 4.90 Å². The number of nitrogens with zero attached hydrogens (tertiary/aromatic N) is 3. The molecule has 0 atom stereocenters. The molecule has 82 valence electrons. The van der Waals surface area contributed by atoms with Crippen LogP contribution in [-0.4, -0.2) is 28.9 Å². The van der Waals surface area contributed by atoms with E-state index in [2.05, 4.69) is 37.5 Å². The Kier molecular flexibility index (Phi) is 3.66. The van der Waals surface area contributed by atoms with Gasteiger partial charge in [-0.15, -0.1) is 11.6 Å². The van der Waals surface area contributed by atoms with Crippen molar-refractivity contribution in [2.75, 3.05) is 18.5 Å². The molecule has 1 aromatic rings. The normalized spacial score (nSPS) is 24.7. The standard InChI is InChI=1S/C10H13ClIN3/c1-15(6-7-2-8(11)3-7)10-13-4-9(12)5-14-10/h4-5,7-8H,2-3,6H2,1H3. The van der Waals surface area contributed by atoms with Crippen LogP contribution in [0, 0.1) is 9.49 Å². The van der Waals surface area contributed by atoms with Crippen LogP contribution < -0.4 is 4.90 Å². The van der Waals surface area contributed by atoms with Crippen LogP contribution in [0.2, 0.25) is 0 Å². The fourth-order valence-electron chi connectivity index (χ4n) is 1.77. The quantitative estimate of drug-likeness (QED) is 0.627. The molecule has 0 spiro atoms. The Bertz CT molecular complexity index is 324. The summed E-state index contributed by atoms with van der Waals surface area (Å²) in [6, 6.07) is 0. The lowest BCUT2D eigenvalue weighted by atomic mass is 9.84. The number of aromatic nitrogens is 2. The smallest absolute Gasteiger partial charge is 0.225 e. The molecule has 1 heterocycles. The minimum Gasteiger partial charge on any atom is -0.344 e. The van der Waals surface area contributed by atoms with E-state index in [1.54, 1.807) is 0 Å². The zero-order chi connectivity index (χ0) is 10.8. The fourth-order valence-corrected chi connectivity index (χ4v) is 2.56. The van der Waals surface area contributed by atoms with Crippen LogP contribution in [0.1, 0.15) is 12.8 Å². The number of hydrogen-bond acceptors (Lipinski definition) is 3. The number of halogens is 2. The zero-order valence-electron chi connectivity index (χ0n) is 8.53. The van der Waals surface area contributed by atoms with Crippen LogP contribution in [0.3, 0.4) is 0 Å². The van der Waals surface area contributed by atoms with Crippen molar-refractivity contribution in [3.05, 3.63) is 16.0 Å². The van der Waals surface area contributed by atoms with Crippen molar-refractivity contribution in [3.8, 4) is 0 Å². The monoisotopic (exact) mass is 337 g/mol. The van der Waals surface area contributed by atoms with E-state index in [1.165, 1.54) is 0 Å². The minimum absolute atomic E-state index is 0.390. The molecule has 1 saturated carbocycles. The van der Waals surface area contributed by atoms with Gasteiger partial charge in [-0.2, -0.15) is 0 Å². The van der Waals surface area contributed by atoms with E-state index in [4.69, 9.17) is 11.6 Å². The molecule has 0 bridgehead atoms. The Morgan fingerprint density at radius 2 is 2.07 bits per heavy atom. The highest BCUT2D eigenvalue weighted by Crippen LogP contribution is 2.32. The molecular formula is C10H13ClIN3. The molecule has 0 aliphatic heterocycles. The minimum atomic E-state index is 0.390. The van der Waals surface area contributed by atoms with Gasteiger partial charge in [0, 0.05) is 34.9 Å². The molecular weight excluding hydrogens is 324 g/mol. The molecule has 1 aliphatic rings. The highest BCUT2D eigenvalue weighted by atomic mass is 127. The molecule has 3 nitrogen and oxygen atoms in total. The Labute approximate surface area is 108 Å². The first kappa shape index (κ1) is 11.4. The average Bonchev–Trinajstić information content (AvgIpc) is 2.16. The highest BCUT2D eigenvalue weighted by molar-refractivity contribution is 14.1. The van der Waals surface area contributed by atoms with Gasteiger partial charge in [0.2, 0.25) is 5.95 Å². The summed E-state index contributed by atoms with van der Waals surface area (Å²) in [5.41, 5.74) is 0. The van der Waals surface area contributed by atoms with Gasteiger partial charge in [0.25, 0.3) is 0 Å². The molecule has 1 aromatic heterocycles. The first-order valence-electron chi connectivity index (χ1n) is 4.98. The lowest BCUT2D eigenvalue weighted by Gasteiger charge is -2.34. The Hall–Kier alpha value is -0.100. The van der Waals surface area contributed by atoms with Crippen LogP contribution >= 0.6 is 34.2 Å². The van der Waals surface area contributed by atoms with Crippen molar-refractivity contribution in [2.24, 2.45) is 5.92 Å². The first-order chi connectivity index (χ1) is 7.15. The number of hydrogen-bond donors (Lipinski definition) is 0. The van der Waals surface area contributed by atoms with Crippen LogP contribution in [0.15, 0.2) is 12.4 Å². The van der Waals surface area contributed by atoms with E-state index in [0.717, 1.165) is 28.9 Å². The van der Waals surface area contributed by atoms with Crippen molar-refractivity contribution in [2.45, 2.75) is 18.2 Å². The molecule has 0 N–H and O–H groups in total. The summed E-state index contributed by atoms with van der Waals surface area (Å²) in [6.07, 6.45) is 5.92. The summed E-state index contributed by atoms with van der Waals surface area (Å²) >= 11 is 8.15. The Morgan fingerprint density at radius 3 is 2.60 bits per heavy atom. The van der Waals surface area contributed by atoms with Crippen molar-refractivity contribution >= 4 is 40.1 Å². The topological polar surface area (TPSA) is 29.0 Å². The maximum Gasteiger partial charge on any atom is 0.225 e. The summed E-state index contributed by atoms with van der Waals surface area (Å²) in [6.45, 7) is 1.00. The number of alkyl halides is 1. The highest BCUT2D eigenvalue weighted by Gasteiger charge is 2.28. The van der Waals surface area contributed by atoms with Gasteiger partial charge in [0.15, 0.2) is 0 Å². The summed E-state index contributed by atoms with van der Waals surface area (Å²) in [5.74, 6) is 1.51. The van der Waals surface area contributed by atoms with E-state index in [0.29, 0.717) is 11.3 Å². The van der Waals surface area contributed by atoms with Gasteiger partial charge >= 0.3 is 0 Å². The third-order valence-electron chi connectivity index (χ3n) is 2.66. The first-order valence-corrected chi connectivity index (χ1v) is 6.49. The molecule has 0 aromatic carbocycles. The molecule has 0 radical (unpaired) electrons. The van der Waals surface area contributed by atoms with Gasteiger partial charge in [-0.25, -0.2) is 9.97 Å². The van der Waals surface area contributed by atoms with Crippen molar-refractivity contribution in [1.29, 1.82) is 0 Å². The predicted molar refractivity (Wildman–Crippen MR) is 70.4 cm³/mol. The lowest BCUT2D eigenvalue weighted by molar-refractivity contribution is 0.328. The Balaban J connectivity index is 1.90. The van der Waals surface area contributed by atoms with Gasteiger partial charge in [-0.05, 0) is 41.4 Å². The second-order valence-electron chi connectivity index (χ2n) is 4.02. The maximum absolute atomic E-state index is 5.94. The lowest BCUT2D eigenvalue weighted by Crippen LogP contribution is -2.35. The van der Waals surface area contributed by atoms with Gasteiger partial charge in [-0.1, -0.05) is 0 Å². The SMILES string of the molecule is CN(CC1CC(Cl)C1)c1ncc(I)cn1. The van der Waals surface area contributed by atoms with E-state index in [1.807, 2.05) is 19.4 Å². The van der Waals surface area contributed by atoms with Crippen molar-refractivity contribution in [1.82, 2.24) is 9.97 Å². The van der Waals surface area contributed by atoms with Crippen LogP contribution in [0.25, 0.3) is 0 Å². The average molecular weight is 338 g/mol. The van der Waals surface area contributed by atoms with Crippen LogP contribution in [0.4, 0.5) is 5.95 Å². The van der Waals surface area contributed by atoms with Gasteiger partial charge in [0.05, 0.1) is 0 Å². The van der Waals surface area contributed by atoms with E-state index in [9.17, 15) is 0 Å². The molecule has 0 saturated heterocycles. The summed E-state index contributed by atoms with van der Waals surface area (Å²) in [7, 11) is 2.03. The van der Waals surface area contributed by atoms with Crippen LogP contribution in [-0.2, 0) is 0 Å². The summed E-state index contributed by atoms with van der Waals surface area (Å²) < 4.78 is 1.06. The molecule has 0 unspecified atom stereocenters. The summed E-state index contributed by atoms with van der Waals surface area (Å²) in [4.78, 5) is 10.7. The molecule has 0 amide bonds. The third-order valence-corrected chi connectivity index (χ3v) is 3.57. The van der Waals surface area contributed by atoms with E-state index < -0.39 is 0 Å². The second kappa shape index (κ2) is 4.82. The van der Waals surface area contributed by atoms with Crippen molar-refractivity contribution in [3.63, 3.8) is 0 Å². The van der Waals surface area contributed by atoms with E-state index in [-0.39, 0.29) is 0 Å². The third kappa shape index (κ3) is 2.93. The largest absolute Gasteiger partial charge is 0.344 e. The number of rotatable bonds is 3. The molecule has 1 fully saturated rings. The van der Waals surface area contributed by atoms with Crippen LogP contribution in [0.5, 0.6) is 0 Å². The number of anilines is 1. The molecule has 2 rings (SSSR count). The van der Waals surface area contributed by atoms with E-state index >= 15 is 0 Å². The molecule has 5 heteroatoms. The molecule has 1 aliphatic carbocycles. The van der Waals surface area contributed by atoms with Gasteiger partial charge in [0.1, 0.15) is 0 Å². The maximum atomic E-state index is 5.94. The van der Waals surface area contributed by atoms with Gasteiger partial charge in [-0.3, -0.25) is 0 Å². The zero-order valence-corrected chi connectivity index (χ0v) is 11.4.